The lowest BCUT2D eigenvalue weighted by atomic mass is 9.89. The number of ether oxygens (including phenoxy) is 1. The highest BCUT2D eigenvalue weighted by Crippen LogP contribution is 2.28. The highest BCUT2D eigenvalue weighted by Gasteiger charge is 2.37. The lowest BCUT2D eigenvalue weighted by Crippen LogP contribution is -2.36. The molecule has 0 spiro atoms. The van der Waals surface area contributed by atoms with Crippen LogP contribution in [0.1, 0.15) is 31.9 Å². The van der Waals surface area contributed by atoms with E-state index in [1.165, 1.54) is 12.1 Å². The van der Waals surface area contributed by atoms with Gasteiger partial charge in [-0.2, -0.15) is 0 Å². The number of pyridine rings is 1. The average Bonchev–Trinajstić information content (AvgIpc) is 3.03. The molecule has 1 aliphatic heterocycles. The molecule has 30 heavy (non-hydrogen) atoms. The van der Waals surface area contributed by atoms with E-state index in [0.717, 1.165) is 11.6 Å². The second kappa shape index (κ2) is 9.51. The van der Waals surface area contributed by atoms with Gasteiger partial charge in [-0.25, -0.2) is 13.6 Å². The average molecular weight is 418 g/mol. The van der Waals surface area contributed by atoms with Gasteiger partial charge in [0.1, 0.15) is 17.2 Å². The molecule has 2 unspecified atom stereocenters. The fourth-order valence-electron chi connectivity index (χ4n) is 3.81. The third-order valence-electron chi connectivity index (χ3n) is 5.13. The van der Waals surface area contributed by atoms with Crippen molar-refractivity contribution in [3.8, 4) is 0 Å². The van der Waals surface area contributed by atoms with Gasteiger partial charge in [0, 0.05) is 44.6 Å². The third-order valence-corrected chi connectivity index (χ3v) is 5.13. The van der Waals surface area contributed by atoms with Crippen molar-refractivity contribution in [2.24, 2.45) is 11.8 Å². The normalized spacial score (nSPS) is 19.2. The second-order valence-corrected chi connectivity index (χ2v) is 8.87. The van der Waals surface area contributed by atoms with Gasteiger partial charge in [0.25, 0.3) is 0 Å². The zero-order chi connectivity index (χ0) is 21.7. The number of amides is 1. The lowest BCUT2D eigenvalue weighted by Gasteiger charge is -2.24. The van der Waals surface area contributed by atoms with E-state index in [9.17, 15) is 13.6 Å². The first kappa shape index (κ1) is 22.2. The van der Waals surface area contributed by atoms with Gasteiger partial charge in [-0.15, -0.1) is 0 Å². The van der Waals surface area contributed by atoms with Gasteiger partial charge < -0.3 is 15.0 Å². The van der Waals surface area contributed by atoms with Gasteiger partial charge in [0.05, 0.1) is 0 Å². The van der Waals surface area contributed by atoms with Crippen LogP contribution < -0.4 is 5.32 Å². The molecule has 1 saturated heterocycles. The third kappa shape index (κ3) is 6.49. The first-order chi connectivity index (χ1) is 14.2. The summed E-state index contributed by atoms with van der Waals surface area (Å²) in [5.74, 6) is -0.951. The van der Waals surface area contributed by atoms with Gasteiger partial charge in [0.15, 0.2) is 0 Å². The molecular weight excluding hydrogens is 388 g/mol. The van der Waals surface area contributed by atoms with Crippen molar-refractivity contribution >= 4 is 6.09 Å². The molecule has 1 aromatic carbocycles. The summed E-state index contributed by atoms with van der Waals surface area (Å²) in [6.07, 6.45) is 3.64. The summed E-state index contributed by atoms with van der Waals surface area (Å²) < 4.78 is 32.8. The highest BCUT2D eigenvalue weighted by molar-refractivity contribution is 5.68. The van der Waals surface area contributed by atoms with Crippen LogP contribution in [0.3, 0.4) is 0 Å². The molecule has 7 heteroatoms. The van der Waals surface area contributed by atoms with Crippen LogP contribution in [0.4, 0.5) is 13.6 Å². The molecule has 1 fully saturated rings. The number of nitrogens with one attached hydrogen (secondary N) is 1. The van der Waals surface area contributed by atoms with Crippen molar-refractivity contribution in [3.05, 3.63) is 65.5 Å². The molecule has 162 valence electrons. The smallest absolute Gasteiger partial charge is 0.410 e. The topological polar surface area (TPSA) is 54.5 Å². The Balaban J connectivity index is 1.67. The van der Waals surface area contributed by atoms with Gasteiger partial charge in [-0.1, -0.05) is 0 Å². The summed E-state index contributed by atoms with van der Waals surface area (Å²) in [5.41, 5.74) is 1.15. The number of halogens is 2. The van der Waals surface area contributed by atoms with Crippen molar-refractivity contribution < 1.29 is 18.3 Å². The summed E-state index contributed by atoms with van der Waals surface area (Å²) in [6, 6.07) is 7.49. The van der Waals surface area contributed by atoms with Gasteiger partial charge in [-0.3, -0.25) is 4.98 Å². The van der Waals surface area contributed by atoms with Gasteiger partial charge >= 0.3 is 6.09 Å². The molecular formula is C23H29F2N3O2. The molecule has 5 nitrogen and oxygen atoms in total. The number of hydrogen-bond acceptors (Lipinski definition) is 4. The van der Waals surface area contributed by atoms with E-state index in [0.29, 0.717) is 38.2 Å². The van der Waals surface area contributed by atoms with Gasteiger partial charge in [0.2, 0.25) is 0 Å². The quantitative estimate of drug-likeness (QED) is 0.766. The van der Waals surface area contributed by atoms with Crippen LogP contribution in [-0.2, 0) is 17.7 Å². The molecule has 0 aliphatic carbocycles. The predicted octanol–water partition coefficient (Wildman–Crippen LogP) is 4.18. The standard InChI is InChI=1S/C23H29F2N3O2/c1-23(2,3)30-22(29)28-14-18(8-17-9-20(24)11-21(25)10-17)19(15-28)13-27-12-16-4-6-26-7-5-16/h4-7,9-11,18-19,27H,8,12-15H2,1-3H3. The Bertz CT molecular complexity index is 835. The number of benzene rings is 1. The van der Waals surface area contributed by atoms with E-state index < -0.39 is 17.2 Å². The van der Waals surface area contributed by atoms with Crippen molar-refractivity contribution in [1.29, 1.82) is 0 Å². The summed E-state index contributed by atoms with van der Waals surface area (Å²) in [7, 11) is 0. The Labute approximate surface area is 176 Å². The Kier molecular flexibility index (Phi) is 7.02. The molecule has 1 aliphatic rings. The Morgan fingerprint density at radius 2 is 1.73 bits per heavy atom. The van der Waals surface area contributed by atoms with Crippen LogP contribution in [0, 0.1) is 23.5 Å². The fraction of sp³-hybridized carbons (Fsp3) is 0.478. The van der Waals surface area contributed by atoms with Crippen molar-refractivity contribution in [2.45, 2.75) is 39.3 Å². The number of aromatic nitrogens is 1. The number of carbonyl (C=O) groups is 1. The second-order valence-electron chi connectivity index (χ2n) is 8.87. The minimum atomic E-state index is -0.584. The molecule has 1 amide bonds. The van der Waals surface area contributed by atoms with Crippen LogP contribution in [-0.4, -0.2) is 41.2 Å². The van der Waals surface area contributed by atoms with Gasteiger partial charge in [-0.05, 0) is 74.4 Å². The number of likely N-dealkylation sites (tertiary alicyclic amines) is 1. The maximum atomic E-state index is 13.6. The maximum absolute atomic E-state index is 13.6. The predicted molar refractivity (Wildman–Crippen MR) is 111 cm³/mol. The first-order valence-electron chi connectivity index (χ1n) is 10.2. The Morgan fingerprint density at radius 1 is 1.10 bits per heavy atom. The summed E-state index contributed by atoms with van der Waals surface area (Å²) in [5, 5.41) is 3.44. The van der Waals surface area contributed by atoms with E-state index in [1.54, 1.807) is 17.3 Å². The zero-order valence-electron chi connectivity index (χ0n) is 17.7. The summed E-state index contributed by atoms with van der Waals surface area (Å²) in [4.78, 5) is 18.3. The minimum absolute atomic E-state index is 0.0728. The van der Waals surface area contributed by atoms with Crippen molar-refractivity contribution in [2.75, 3.05) is 19.6 Å². The molecule has 2 atom stereocenters. The van der Waals surface area contributed by atoms with Crippen LogP contribution in [0.5, 0.6) is 0 Å². The van der Waals surface area contributed by atoms with E-state index in [2.05, 4.69) is 10.3 Å². The zero-order valence-corrected chi connectivity index (χ0v) is 17.7. The van der Waals surface area contributed by atoms with E-state index >= 15 is 0 Å². The minimum Gasteiger partial charge on any atom is -0.444 e. The molecule has 0 saturated carbocycles. The van der Waals surface area contributed by atoms with E-state index in [4.69, 9.17) is 4.74 Å². The van der Waals surface area contributed by atoms with E-state index in [-0.39, 0.29) is 17.9 Å². The highest BCUT2D eigenvalue weighted by atomic mass is 19.1. The largest absolute Gasteiger partial charge is 0.444 e. The van der Waals surface area contributed by atoms with Crippen molar-refractivity contribution in [1.82, 2.24) is 15.2 Å². The maximum Gasteiger partial charge on any atom is 0.410 e. The molecule has 1 aromatic heterocycles. The van der Waals surface area contributed by atoms with Crippen LogP contribution in [0.25, 0.3) is 0 Å². The number of carbonyl (C=O) groups excluding carboxylic acids is 1. The van der Waals surface area contributed by atoms with E-state index in [1.807, 2.05) is 32.9 Å². The molecule has 2 aromatic rings. The number of hydrogen-bond donors (Lipinski definition) is 1. The molecule has 0 bridgehead atoms. The number of nitrogens with zero attached hydrogens (tertiary/aromatic N) is 2. The molecule has 2 heterocycles. The van der Waals surface area contributed by atoms with Crippen LogP contribution in [0.2, 0.25) is 0 Å². The molecule has 0 radical (unpaired) electrons. The number of rotatable bonds is 6. The Hall–Kier alpha value is -2.54. The van der Waals surface area contributed by atoms with Crippen LogP contribution in [0.15, 0.2) is 42.7 Å². The Morgan fingerprint density at radius 3 is 2.37 bits per heavy atom. The monoisotopic (exact) mass is 417 g/mol. The lowest BCUT2D eigenvalue weighted by molar-refractivity contribution is 0.0284. The first-order valence-corrected chi connectivity index (χ1v) is 10.2. The fourth-order valence-corrected chi connectivity index (χ4v) is 3.81. The SMILES string of the molecule is CC(C)(C)OC(=O)N1CC(CNCc2ccncc2)C(Cc2cc(F)cc(F)c2)C1. The molecule has 1 N–H and O–H groups in total. The summed E-state index contributed by atoms with van der Waals surface area (Å²) in [6.45, 7) is 7.91. The van der Waals surface area contributed by atoms with Crippen molar-refractivity contribution in [3.63, 3.8) is 0 Å². The van der Waals surface area contributed by atoms with Crippen LogP contribution >= 0.6 is 0 Å². The summed E-state index contributed by atoms with van der Waals surface area (Å²) >= 11 is 0. The molecule has 3 rings (SSSR count).